The van der Waals surface area contributed by atoms with Gasteiger partial charge in [0, 0.05) is 27.7 Å². The highest BCUT2D eigenvalue weighted by atomic mass is 28.2. The molecule has 182 valence electrons. The lowest BCUT2D eigenvalue weighted by Gasteiger charge is -2.14. The second-order valence-corrected chi connectivity index (χ2v) is 11.7. The lowest BCUT2D eigenvalue weighted by Crippen LogP contribution is -2.21. The molecule has 0 saturated carbocycles. The number of esters is 4. The van der Waals surface area contributed by atoms with Crippen LogP contribution in [0.1, 0.15) is 40.5 Å². The fourth-order valence-corrected chi connectivity index (χ4v) is 7.01. The van der Waals surface area contributed by atoms with Crippen LogP contribution in [0.4, 0.5) is 0 Å². The maximum absolute atomic E-state index is 11.5. The monoisotopic (exact) mass is 502 g/mol. The lowest BCUT2D eigenvalue weighted by atomic mass is 10.3. The van der Waals surface area contributed by atoms with Gasteiger partial charge in [-0.15, -0.1) is 0 Å². The molecule has 0 radical (unpaired) electrons. The van der Waals surface area contributed by atoms with Crippen molar-refractivity contribution < 1.29 is 38.1 Å². The molecule has 0 aromatic heterocycles. The summed E-state index contributed by atoms with van der Waals surface area (Å²) in [6.45, 7) is 5.25. The summed E-state index contributed by atoms with van der Waals surface area (Å²) in [7, 11) is -1.50. The summed E-state index contributed by atoms with van der Waals surface area (Å²) >= 11 is 0. The van der Waals surface area contributed by atoms with Gasteiger partial charge in [0.2, 0.25) is 0 Å². The highest BCUT2D eigenvalue weighted by molar-refractivity contribution is 6.55. The molecule has 34 heavy (non-hydrogen) atoms. The molecular formula is C24H30O8Si2. The predicted octanol–water partition coefficient (Wildman–Crippen LogP) is 1.29. The second kappa shape index (κ2) is 13.5. The van der Waals surface area contributed by atoms with E-state index in [-0.39, 0.29) is 11.5 Å². The van der Waals surface area contributed by atoms with Crippen LogP contribution in [0, 0.1) is 0 Å². The van der Waals surface area contributed by atoms with Crippen LogP contribution in [0.3, 0.4) is 0 Å². The molecule has 0 fully saturated rings. The maximum atomic E-state index is 11.5. The quantitative estimate of drug-likeness (QED) is 0.196. The van der Waals surface area contributed by atoms with Gasteiger partial charge in [0.15, 0.2) is 23.0 Å². The van der Waals surface area contributed by atoms with Gasteiger partial charge < -0.3 is 18.9 Å². The number of para-hydroxylation sites is 2. The van der Waals surface area contributed by atoms with E-state index >= 15 is 0 Å². The van der Waals surface area contributed by atoms with E-state index in [0.717, 1.165) is 35.3 Å². The molecule has 0 aliphatic carbocycles. The molecule has 2 aromatic rings. The van der Waals surface area contributed by atoms with Crippen molar-refractivity contribution in [3.63, 3.8) is 0 Å². The number of hydrogen-bond donors (Lipinski definition) is 0. The van der Waals surface area contributed by atoms with Crippen molar-refractivity contribution in [1.29, 1.82) is 0 Å². The minimum Gasteiger partial charge on any atom is -0.423 e. The molecule has 0 bridgehead atoms. The molecule has 2 aromatic carbocycles. The van der Waals surface area contributed by atoms with Crippen LogP contribution in [0.15, 0.2) is 36.4 Å². The smallest absolute Gasteiger partial charge is 0.308 e. The van der Waals surface area contributed by atoms with Crippen LogP contribution in [0.2, 0.25) is 12.1 Å². The zero-order valence-corrected chi connectivity index (χ0v) is 22.8. The van der Waals surface area contributed by atoms with Crippen molar-refractivity contribution in [2.75, 3.05) is 0 Å². The minimum atomic E-state index is -0.752. The SMILES string of the molecule is CC(=O)Oc1cccc([SiH2]CCCC[SiH2]c2cccc(OC(C)=O)c2OC(C)=O)c1OC(C)=O. The first kappa shape index (κ1) is 27.0. The van der Waals surface area contributed by atoms with E-state index in [1.807, 2.05) is 12.1 Å². The Kier molecular flexibility index (Phi) is 10.7. The van der Waals surface area contributed by atoms with Crippen LogP contribution >= 0.6 is 0 Å². The Morgan fingerprint density at radius 1 is 0.588 bits per heavy atom. The van der Waals surface area contributed by atoms with Crippen LogP contribution in [-0.2, 0) is 19.2 Å². The van der Waals surface area contributed by atoms with E-state index in [2.05, 4.69) is 0 Å². The van der Waals surface area contributed by atoms with E-state index in [0.29, 0.717) is 11.5 Å². The standard InChI is InChI=1S/C24H30O8Si2/c1-15(25)29-19-9-7-11-21(23(19)31-17(3)27)33-13-5-6-14-34-22-12-8-10-20(30-16(2)26)24(22)32-18(4)28/h7-12H,5-6,13-14,33-34H2,1-4H3. The van der Waals surface area contributed by atoms with E-state index in [1.165, 1.54) is 27.7 Å². The number of carbonyl (C=O) groups is 4. The van der Waals surface area contributed by atoms with Gasteiger partial charge in [-0.25, -0.2) is 0 Å². The molecule has 0 N–H and O–H groups in total. The zero-order valence-electron chi connectivity index (χ0n) is 20.0. The fraction of sp³-hybridized carbons (Fsp3) is 0.333. The molecule has 0 spiro atoms. The van der Waals surface area contributed by atoms with Gasteiger partial charge in [-0.2, -0.15) is 0 Å². The Morgan fingerprint density at radius 3 is 1.26 bits per heavy atom. The average Bonchev–Trinajstić information content (AvgIpc) is 2.73. The number of unbranched alkanes of at least 4 members (excludes halogenated alkanes) is 1. The summed E-state index contributed by atoms with van der Waals surface area (Å²) in [5.74, 6) is -0.623. The van der Waals surface area contributed by atoms with Gasteiger partial charge in [-0.3, -0.25) is 19.2 Å². The van der Waals surface area contributed by atoms with Crippen molar-refractivity contribution in [2.24, 2.45) is 0 Å². The van der Waals surface area contributed by atoms with Crippen molar-refractivity contribution in [2.45, 2.75) is 52.6 Å². The molecule has 0 heterocycles. The highest BCUT2D eigenvalue weighted by Gasteiger charge is 2.16. The first-order valence-electron chi connectivity index (χ1n) is 11.1. The molecule has 2 rings (SSSR count). The minimum absolute atomic E-state index is 0.269. The summed E-state index contributed by atoms with van der Waals surface area (Å²) in [6.07, 6.45) is 2.01. The third-order valence-corrected chi connectivity index (χ3v) is 8.66. The number of hydrogen-bond acceptors (Lipinski definition) is 8. The highest BCUT2D eigenvalue weighted by Crippen LogP contribution is 2.26. The summed E-state index contributed by atoms with van der Waals surface area (Å²) in [4.78, 5) is 45.8. The average molecular weight is 503 g/mol. The van der Waals surface area contributed by atoms with E-state index in [9.17, 15) is 19.2 Å². The molecule has 10 heteroatoms. The maximum Gasteiger partial charge on any atom is 0.308 e. The van der Waals surface area contributed by atoms with Crippen molar-refractivity contribution in [1.82, 2.24) is 0 Å². The molecule has 0 saturated heterocycles. The largest absolute Gasteiger partial charge is 0.423 e. The Balaban J connectivity index is 1.95. The normalized spacial score (nSPS) is 11.1. The Bertz CT molecular complexity index is 968. The van der Waals surface area contributed by atoms with Gasteiger partial charge in [0.1, 0.15) is 0 Å². The van der Waals surface area contributed by atoms with Crippen LogP contribution < -0.4 is 29.3 Å². The Hall–Kier alpha value is -3.25. The molecule has 8 nitrogen and oxygen atoms in total. The van der Waals surface area contributed by atoms with Gasteiger partial charge in [-0.1, -0.05) is 49.2 Å². The molecule has 0 aliphatic rings. The molecular weight excluding hydrogens is 472 g/mol. The number of rotatable bonds is 11. The molecule has 0 atom stereocenters. The van der Waals surface area contributed by atoms with Crippen molar-refractivity contribution >= 4 is 53.3 Å². The lowest BCUT2D eigenvalue weighted by molar-refractivity contribution is -0.134. The summed E-state index contributed by atoms with van der Waals surface area (Å²) in [6, 6.07) is 12.7. The van der Waals surface area contributed by atoms with Crippen LogP contribution in [-0.4, -0.2) is 42.9 Å². The van der Waals surface area contributed by atoms with Crippen LogP contribution in [0.25, 0.3) is 0 Å². The topological polar surface area (TPSA) is 105 Å². The number of benzene rings is 2. The molecule has 0 aliphatic heterocycles. The first-order valence-corrected chi connectivity index (χ1v) is 14.6. The Morgan fingerprint density at radius 2 is 0.941 bits per heavy atom. The van der Waals surface area contributed by atoms with E-state index in [1.54, 1.807) is 24.3 Å². The zero-order chi connectivity index (χ0) is 25.1. The first-order chi connectivity index (χ1) is 16.2. The summed E-state index contributed by atoms with van der Waals surface area (Å²) < 4.78 is 21.1. The predicted molar refractivity (Wildman–Crippen MR) is 133 cm³/mol. The number of ether oxygens (including phenoxy) is 4. The van der Waals surface area contributed by atoms with Gasteiger partial charge in [0.05, 0.1) is 19.0 Å². The summed E-state index contributed by atoms with van der Waals surface area (Å²) in [5, 5.41) is 1.88. The number of carbonyl (C=O) groups excluding carboxylic acids is 4. The Labute approximate surface area is 203 Å². The van der Waals surface area contributed by atoms with Gasteiger partial charge in [-0.05, 0) is 22.5 Å². The van der Waals surface area contributed by atoms with Gasteiger partial charge in [0.25, 0.3) is 0 Å². The van der Waals surface area contributed by atoms with E-state index < -0.39 is 42.9 Å². The molecule has 0 amide bonds. The third kappa shape index (κ3) is 8.95. The van der Waals surface area contributed by atoms with Crippen molar-refractivity contribution in [3.8, 4) is 23.0 Å². The fourth-order valence-electron chi connectivity index (χ4n) is 3.49. The van der Waals surface area contributed by atoms with E-state index in [4.69, 9.17) is 18.9 Å². The van der Waals surface area contributed by atoms with Crippen LogP contribution in [0.5, 0.6) is 23.0 Å². The molecule has 0 unspecified atom stereocenters. The van der Waals surface area contributed by atoms with Crippen molar-refractivity contribution in [3.05, 3.63) is 36.4 Å². The second-order valence-electron chi connectivity index (χ2n) is 7.78. The van der Waals surface area contributed by atoms with Gasteiger partial charge >= 0.3 is 23.9 Å². The summed E-state index contributed by atoms with van der Waals surface area (Å²) in [5.41, 5.74) is 0. The third-order valence-electron chi connectivity index (χ3n) is 4.76.